The van der Waals surface area contributed by atoms with Crippen LogP contribution in [0.5, 0.6) is 0 Å². The van der Waals surface area contributed by atoms with Crippen LogP contribution in [0, 0.1) is 12.8 Å². The lowest BCUT2D eigenvalue weighted by Gasteiger charge is -2.17. The molecule has 3 rings (SSSR count). The average molecular weight is 393 g/mol. The highest BCUT2D eigenvalue weighted by molar-refractivity contribution is 7.15. The van der Waals surface area contributed by atoms with E-state index in [1.165, 1.54) is 11.3 Å². The lowest BCUT2D eigenvalue weighted by molar-refractivity contribution is -0.122. The quantitative estimate of drug-likeness (QED) is 0.862. The van der Waals surface area contributed by atoms with Crippen LogP contribution in [0.25, 0.3) is 0 Å². The molecule has 2 heterocycles. The fourth-order valence-electron chi connectivity index (χ4n) is 2.67. The molecular weight excluding hydrogens is 372 g/mol. The molecule has 0 radical (unpaired) electrons. The molecule has 2 aromatic rings. The van der Waals surface area contributed by atoms with Crippen molar-refractivity contribution in [2.45, 2.75) is 39.5 Å². The molecule has 1 saturated heterocycles. The molecule has 138 valence electrons. The number of amides is 2. The van der Waals surface area contributed by atoms with E-state index in [1.54, 1.807) is 11.0 Å². The Balaban J connectivity index is 1.69. The summed E-state index contributed by atoms with van der Waals surface area (Å²) in [4.78, 5) is 26.5. The van der Waals surface area contributed by atoms with Gasteiger partial charge in [-0.15, -0.1) is 10.2 Å². The number of carbonyl (C=O) groups excluding carboxylic acids is 2. The first-order valence-electron chi connectivity index (χ1n) is 8.36. The molecule has 0 aliphatic carbocycles. The lowest BCUT2D eigenvalue weighted by Crippen LogP contribution is -2.28. The van der Waals surface area contributed by atoms with Gasteiger partial charge < -0.3 is 10.2 Å². The summed E-state index contributed by atoms with van der Waals surface area (Å²) in [5, 5.41) is 12.9. The first-order valence-corrected chi connectivity index (χ1v) is 9.56. The van der Waals surface area contributed by atoms with Gasteiger partial charge in [-0.3, -0.25) is 9.59 Å². The fourth-order valence-corrected chi connectivity index (χ4v) is 3.65. The number of aromatic nitrogens is 2. The third-order valence-electron chi connectivity index (χ3n) is 4.26. The molecule has 0 saturated carbocycles. The fraction of sp³-hybridized carbons (Fsp3) is 0.444. The first-order chi connectivity index (χ1) is 12.1. The lowest BCUT2D eigenvalue weighted by atomic mass is 9.98. The standard InChI is InChI=1S/C18H21ClN4O2S/c1-10-5-6-12(8-13(10)19)23-9-11(7-14(23)24)15(25)20-17-22-21-16(26-17)18(2,3)4/h5-6,8,11H,7,9H2,1-4H3,(H,20,22,25)/t11-/m0/s1. The summed E-state index contributed by atoms with van der Waals surface area (Å²) >= 11 is 7.51. The Kier molecular flexibility index (Phi) is 5.03. The van der Waals surface area contributed by atoms with Crippen LogP contribution >= 0.6 is 22.9 Å². The molecule has 1 aromatic carbocycles. The van der Waals surface area contributed by atoms with Crippen LogP contribution in [-0.2, 0) is 15.0 Å². The Morgan fingerprint density at radius 1 is 1.35 bits per heavy atom. The minimum Gasteiger partial charge on any atom is -0.312 e. The second-order valence-corrected chi connectivity index (χ2v) is 8.88. The highest BCUT2D eigenvalue weighted by Crippen LogP contribution is 2.31. The molecule has 0 bridgehead atoms. The van der Waals surface area contributed by atoms with Gasteiger partial charge in [0.1, 0.15) is 5.01 Å². The number of nitrogens with one attached hydrogen (secondary N) is 1. The van der Waals surface area contributed by atoms with Gasteiger partial charge in [0, 0.05) is 29.1 Å². The van der Waals surface area contributed by atoms with E-state index in [9.17, 15) is 9.59 Å². The molecule has 1 fully saturated rings. The van der Waals surface area contributed by atoms with Crippen molar-refractivity contribution in [3.63, 3.8) is 0 Å². The first kappa shape index (κ1) is 18.8. The van der Waals surface area contributed by atoms with E-state index < -0.39 is 5.92 Å². The second kappa shape index (κ2) is 6.96. The number of aryl methyl sites for hydroxylation is 1. The van der Waals surface area contributed by atoms with Gasteiger partial charge in [0.05, 0.1) is 5.92 Å². The maximum absolute atomic E-state index is 12.5. The second-order valence-electron chi connectivity index (χ2n) is 7.49. The zero-order valence-electron chi connectivity index (χ0n) is 15.2. The molecule has 0 spiro atoms. The molecule has 0 unspecified atom stereocenters. The van der Waals surface area contributed by atoms with Crippen molar-refractivity contribution in [3.05, 3.63) is 33.8 Å². The van der Waals surface area contributed by atoms with Crippen molar-refractivity contribution in [2.75, 3.05) is 16.8 Å². The molecule has 1 aliphatic heterocycles. The van der Waals surface area contributed by atoms with E-state index in [0.29, 0.717) is 22.4 Å². The number of anilines is 2. The molecule has 1 aromatic heterocycles. The molecule has 2 amide bonds. The molecule has 1 N–H and O–H groups in total. The van der Waals surface area contributed by atoms with Crippen LogP contribution < -0.4 is 10.2 Å². The highest BCUT2D eigenvalue weighted by Gasteiger charge is 2.35. The molecule has 1 aliphatic rings. The Morgan fingerprint density at radius 2 is 2.08 bits per heavy atom. The molecule has 1 atom stereocenters. The topological polar surface area (TPSA) is 75.2 Å². The number of rotatable bonds is 3. The van der Waals surface area contributed by atoms with E-state index >= 15 is 0 Å². The Labute approximate surface area is 161 Å². The SMILES string of the molecule is Cc1ccc(N2C[C@@H](C(=O)Nc3nnc(C(C)(C)C)s3)CC2=O)cc1Cl. The van der Waals surface area contributed by atoms with Crippen molar-refractivity contribution < 1.29 is 9.59 Å². The van der Waals surface area contributed by atoms with Gasteiger partial charge >= 0.3 is 0 Å². The third kappa shape index (κ3) is 3.88. The number of halogens is 1. The zero-order chi connectivity index (χ0) is 19.1. The maximum atomic E-state index is 12.5. The molecule has 26 heavy (non-hydrogen) atoms. The van der Waals surface area contributed by atoms with Crippen molar-refractivity contribution in [1.29, 1.82) is 0 Å². The number of carbonyl (C=O) groups is 2. The normalized spacial score (nSPS) is 17.7. The summed E-state index contributed by atoms with van der Waals surface area (Å²) in [5.74, 6) is -0.724. The van der Waals surface area contributed by atoms with Crippen molar-refractivity contribution in [3.8, 4) is 0 Å². The molecule has 8 heteroatoms. The highest BCUT2D eigenvalue weighted by atomic mass is 35.5. The van der Waals surface area contributed by atoms with E-state index in [-0.39, 0.29) is 23.7 Å². The van der Waals surface area contributed by atoms with Crippen molar-refractivity contribution in [2.24, 2.45) is 5.92 Å². The van der Waals surface area contributed by atoms with Gasteiger partial charge in [0.2, 0.25) is 16.9 Å². The van der Waals surface area contributed by atoms with Crippen LogP contribution in [-0.4, -0.2) is 28.6 Å². The van der Waals surface area contributed by atoms with E-state index in [1.807, 2.05) is 39.8 Å². The van der Waals surface area contributed by atoms with Crippen LogP contribution in [0.3, 0.4) is 0 Å². The summed E-state index contributed by atoms with van der Waals surface area (Å²) < 4.78 is 0. The van der Waals surface area contributed by atoms with Gasteiger partial charge in [0.25, 0.3) is 0 Å². The number of hydrogen-bond donors (Lipinski definition) is 1. The number of benzene rings is 1. The minimum atomic E-state index is -0.426. The summed E-state index contributed by atoms with van der Waals surface area (Å²) in [6, 6.07) is 5.47. The van der Waals surface area contributed by atoms with Gasteiger partial charge in [-0.05, 0) is 24.6 Å². The van der Waals surface area contributed by atoms with Crippen LogP contribution in [0.1, 0.15) is 37.8 Å². The van der Waals surface area contributed by atoms with Crippen LogP contribution in [0.15, 0.2) is 18.2 Å². The predicted octanol–water partition coefficient (Wildman–Crippen LogP) is 3.79. The Bertz CT molecular complexity index is 859. The maximum Gasteiger partial charge on any atom is 0.231 e. The minimum absolute atomic E-state index is 0.0854. The number of hydrogen-bond acceptors (Lipinski definition) is 5. The predicted molar refractivity (Wildman–Crippen MR) is 104 cm³/mol. The van der Waals surface area contributed by atoms with Crippen molar-refractivity contribution >= 4 is 45.6 Å². The smallest absolute Gasteiger partial charge is 0.231 e. The summed E-state index contributed by atoms with van der Waals surface area (Å²) in [5.41, 5.74) is 1.54. The molecular formula is C18H21ClN4O2S. The Morgan fingerprint density at radius 3 is 2.69 bits per heavy atom. The van der Waals surface area contributed by atoms with E-state index in [4.69, 9.17) is 11.6 Å². The van der Waals surface area contributed by atoms with Gasteiger partial charge in [-0.2, -0.15) is 0 Å². The van der Waals surface area contributed by atoms with Gasteiger partial charge in [-0.1, -0.05) is 49.8 Å². The monoisotopic (exact) mass is 392 g/mol. The van der Waals surface area contributed by atoms with Gasteiger partial charge in [-0.25, -0.2) is 0 Å². The Hall–Kier alpha value is -1.99. The summed E-state index contributed by atoms with van der Waals surface area (Å²) in [7, 11) is 0. The summed E-state index contributed by atoms with van der Waals surface area (Å²) in [6.45, 7) is 8.36. The zero-order valence-corrected chi connectivity index (χ0v) is 16.7. The average Bonchev–Trinajstić information content (AvgIpc) is 3.16. The third-order valence-corrected chi connectivity index (χ3v) is 5.93. The van der Waals surface area contributed by atoms with Gasteiger partial charge in [0.15, 0.2) is 0 Å². The van der Waals surface area contributed by atoms with Crippen molar-refractivity contribution in [1.82, 2.24) is 10.2 Å². The molecule has 6 nitrogen and oxygen atoms in total. The van der Waals surface area contributed by atoms with E-state index in [0.717, 1.165) is 10.6 Å². The number of nitrogens with zero attached hydrogens (tertiary/aromatic N) is 3. The van der Waals surface area contributed by atoms with Crippen LogP contribution in [0.4, 0.5) is 10.8 Å². The largest absolute Gasteiger partial charge is 0.312 e. The summed E-state index contributed by atoms with van der Waals surface area (Å²) in [6.07, 6.45) is 0.169. The van der Waals surface area contributed by atoms with Crippen LogP contribution in [0.2, 0.25) is 5.02 Å². The van der Waals surface area contributed by atoms with E-state index in [2.05, 4.69) is 15.5 Å².